The summed E-state index contributed by atoms with van der Waals surface area (Å²) in [6.45, 7) is 4.75. The van der Waals surface area contributed by atoms with Crippen molar-refractivity contribution in [2.45, 2.75) is 20.3 Å². The van der Waals surface area contributed by atoms with Crippen LogP contribution in [0.1, 0.15) is 25.8 Å². The predicted molar refractivity (Wildman–Crippen MR) is 102 cm³/mol. The molecule has 2 rings (SSSR count). The SMILES string of the molecule is CC(C)CCN(CC(=O)Nc1nccs1)C(=O)/C=C/c1ccccc1. The summed E-state index contributed by atoms with van der Waals surface area (Å²) in [5.74, 6) is 0.0504. The molecule has 5 nitrogen and oxygen atoms in total. The van der Waals surface area contributed by atoms with Crippen LogP contribution < -0.4 is 5.32 Å². The van der Waals surface area contributed by atoms with Gasteiger partial charge in [0.2, 0.25) is 11.8 Å². The maximum atomic E-state index is 12.5. The van der Waals surface area contributed by atoms with E-state index in [1.807, 2.05) is 30.3 Å². The van der Waals surface area contributed by atoms with Crippen molar-refractivity contribution >= 4 is 34.4 Å². The second-order valence-corrected chi connectivity index (χ2v) is 6.97. The molecular weight excluding hydrogens is 334 g/mol. The molecule has 25 heavy (non-hydrogen) atoms. The van der Waals surface area contributed by atoms with Gasteiger partial charge in [0, 0.05) is 24.2 Å². The van der Waals surface area contributed by atoms with E-state index in [1.165, 1.54) is 17.4 Å². The molecule has 1 N–H and O–H groups in total. The highest BCUT2D eigenvalue weighted by Crippen LogP contribution is 2.11. The van der Waals surface area contributed by atoms with Crippen LogP contribution in [0.15, 0.2) is 48.0 Å². The standard InChI is InChI=1S/C19H23N3O2S/c1-15(2)10-12-22(14-17(23)21-19-20-11-13-25-19)18(24)9-8-16-6-4-3-5-7-16/h3-9,11,13,15H,10,12,14H2,1-2H3,(H,20,21,23)/b9-8+. The third-order valence-electron chi connectivity index (χ3n) is 3.52. The van der Waals surface area contributed by atoms with Crippen LogP contribution in [-0.4, -0.2) is 34.8 Å². The molecule has 0 aliphatic carbocycles. The Balaban J connectivity index is 1.99. The molecule has 0 spiro atoms. The molecule has 0 bridgehead atoms. The van der Waals surface area contributed by atoms with Crippen molar-refractivity contribution in [1.29, 1.82) is 0 Å². The van der Waals surface area contributed by atoms with Crippen molar-refractivity contribution in [2.75, 3.05) is 18.4 Å². The van der Waals surface area contributed by atoms with Gasteiger partial charge in [-0.15, -0.1) is 11.3 Å². The number of aromatic nitrogens is 1. The molecule has 0 aliphatic heterocycles. The van der Waals surface area contributed by atoms with Gasteiger partial charge in [-0.1, -0.05) is 44.2 Å². The molecule has 1 aromatic carbocycles. The number of rotatable bonds is 8. The number of hydrogen-bond donors (Lipinski definition) is 1. The second-order valence-electron chi connectivity index (χ2n) is 6.07. The molecule has 0 fully saturated rings. The Morgan fingerprint density at radius 1 is 1.28 bits per heavy atom. The Bertz CT molecular complexity index is 697. The van der Waals surface area contributed by atoms with E-state index in [1.54, 1.807) is 22.6 Å². The Kier molecular flexibility index (Phi) is 7.35. The van der Waals surface area contributed by atoms with Crippen molar-refractivity contribution in [3.63, 3.8) is 0 Å². The molecule has 0 unspecified atom stereocenters. The minimum absolute atomic E-state index is 0.0181. The first-order valence-electron chi connectivity index (χ1n) is 8.26. The van der Waals surface area contributed by atoms with Crippen LogP contribution in [0.5, 0.6) is 0 Å². The Labute approximate surface area is 152 Å². The summed E-state index contributed by atoms with van der Waals surface area (Å²) in [5, 5.41) is 5.05. The number of nitrogens with one attached hydrogen (secondary N) is 1. The van der Waals surface area contributed by atoms with Gasteiger partial charge in [0.05, 0.1) is 0 Å². The lowest BCUT2D eigenvalue weighted by molar-refractivity contribution is -0.130. The normalized spacial score (nSPS) is 11.0. The van der Waals surface area contributed by atoms with Crippen molar-refractivity contribution in [2.24, 2.45) is 5.92 Å². The van der Waals surface area contributed by atoms with Crippen molar-refractivity contribution in [1.82, 2.24) is 9.88 Å². The van der Waals surface area contributed by atoms with E-state index >= 15 is 0 Å². The van der Waals surface area contributed by atoms with Gasteiger partial charge >= 0.3 is 0 Å². The third kappa shape index (κ3) is 6.89. The Morgan fingerprint density at radius 2 is 2.04 bits per heavy atom. The van der Waals surface area contributed by atoms with Crippen LogP contribution in [0, 0.1) is 5.92 Å². The molecule has 0 radical (unpaired) electrons. The Hall–Kier alpha value is -2.47. The van der Waals surface area contributed by atoms with Crippen molar-refractivity contribution < 1.29 is 9.59 Å². The van der Waals surface area contributed by atoms with Gasteiger partial charge in [0.1, 0.15) is 6.54 Å². The molecule has 132 valence electrons. The van der Waals surface area contributed by atoms with Gasteiger partial charge in [-0.3, -0.25) is 9.59 Å². The highest BCUT2D eigenvalue weighted by molar-refractivity contribution is 7.13. The zero-order valence-electron chi connectivity index (χ0n) is 14.5. The fourth-order valence-electron chi connectivity index (χ4n) is 2.14. The number of amides is 2. The highest BCUT2D eigenvalue weighted by Gasteiger charge is 2.16. The molecule has 0 saturated carbocycles. The summed E-state index contributed by atoms with van der Waals surface area (Å²) >= 11 is 1.35. The molecule has 0 atom stereocenters. The molecule has 1 aromatic heterocycles. The Morgan fingerprint density at radius 3 is 2.68 bits per heavy atom. The van der Waals surface area contributed by atoms with Crippen molar-refractivity contribution in [3.8, 4) is 0 Å². The summed E-state index contributed by atoms with van der Waals surface area (Å²) in [6, 6.07) is 9.62. The monoisotopic (exact) mass is 357 g/mol. The van der Waals surface area contributed by atoms with E-state index in [-0.39, 0.29) is 18.4 Å². The van der Waals surface area contributed by atoms with Crippen LogP contribution in [0.4, 0.5) is 5.13 Å². The van der Waals surface area contributed by atoms with Gasteiger partial charge in [-0.2, -0.15) is 0 Å². The number of nitrogens with zero attached hydrogens (tertiary/aromatic N) is 2. The number of carbonyl (C=O) groups excluding carboxylic acids is 2. The van der Waals surface area contributed by atoms with Crippen LogP contribution >= 0.6 is 11.3 Å². The van der Waals surface area contributed by atoms with Crippen molar-refractivity contribution in [3.05, 3.63) is 53.5 Å². The van der Waals surface area contributed by atoms with Crippen LogP contribution in [0.2, 0.25) is 0 Å². The predicted octanol–water partition coefficient (Wildman–Crippen LogP) is 3.67. The molecular formula is C19H23N3O2S. The van der Waals surface area contributed by atoms with E-state index in [0.717, 1.165) is 12.0 Å². The lowest BCUT2D eigenvalue weighted by Gasteiger charge is -2.21. The largest absolute Gasteiger partial charge is 0.330 e. The maximum Gasteiger partial charge on any atom is 0.247 e. The first-order valence-corrected chi connectivity index (χ1v) is 9.14. The first kappa shape index (κ1) is 18.9. The van der Waals surface area contributed by atoms with Gasteiger partial charge < -0.3 is 10.2 Å². The van der Waals surface area contributed by atoms with E-state index in [2.05, 4.69) is 24.1 Å². The van der Waals surface area contributed by atoms with Crippen LogP contribution in [0.3, 0.4) is 0 Å². The molecule has 6 heteroatoms. The zero-order valence-corrected chi connectivity index (χ0v) is 15.3. The smallest absolute Gasteiger partial charge is 0.247 e. The quantitative estimate of drug-likeness (QED) is 0.733. The molecule has 1 heterocycles. The van der Waals surface area contributed by atoms with E-state index in [9.17, 15) is 9.59 Å². The third-order valence-corrected chi connectivity index (χ3v) is 4.21. The molecule has 2 aromatic rings. The van der Waals surface area contributed by atoms with Crippen LogP contribution in [0.25, 0.3) is 6.08 Å². The number of carbonyl (C=O) groups is 2. The first-order chi connectivity index (χ1) is 12.0. The van der Waals surface area contributed by atoms with E-state index in [4.69, 9.17) is 0 Å². The lowest BCUT2D eigenvalue weighted by Crippen LogP contribution is -2.38. The fourth-order valence-corrected chi connectivity index (χ4v) is 2.68. The van der Waals surface area contributed by atoms with E-state index in [0.29, 0.717) is 17.6 Å². The van der Waals surface area contributed by atoms with Gasteiger partial charge in [-0.05, 0) is 24.0 Å². The minimum atomic E-state index is -0.236. The molecule has 0 aliphatic rings. The molecule has 0 saturated heterocycles. The topological polar surface area (TPSA) is 62.3 Å². The van der Waals surface area contributed by atoms with Gasteiger partial charge in [-0.25, -0.2) is 4.98 Å². The average Bonchev–Trinajstić information content (AvgIpc) is 3.10. The van der Waals surface area contributed by atoms with Gasteiger partial charge in [0.15, 0.2) is 5.13 Å². The second kappa shape index (κ2) is 9.74. The zero-order chi connectivity index (χ0) is 18.1. The van der Waals surface area contributed by atoms with E-state index < -0.39 is 0 Å². The summed E-state index contributed by atoms with van der Waals surface area (Å²) in [4.78, 5) is 30.3. The maximum absolute atomic E-state index is 12.5. The number of hydrogen-bond acceptors (Lipinski definition) is 4. The summed E-state index contributed by atoms with van der Waals surface area (Å²) in [5.41, 5.74) is 0.951. The molecule has 2 amide bonds. The highest BCUT2D eigenvalue weighted by atomic mass is 32.1. The average molecular weight is 357 g/mol. The summed E-state index contributed by atoms with van der Waals surface area (Å²) < 4.78 is 0. The fraction of sp³-hybridized carbons (Fsp3) is 0.316. The van der Waals surface area contributed by atoms with Gasteiger partial charge in [0.25, 0.3) is 0 Å². The summed E-state index contributed by atoms with van der Waals surface area (Å²) in [6.07, 6.45) is 5.76. The van der Waals surface area contributed by atoms with Crippen LogP contribution in [-0.2, 0) is 9.59 Å². The number of thiazole rings is 1. The number of anilines is 1. The lowest BCUT2D eigenvalue weighted by atomic mass is 10.1. The number of benzene rings is 1. The minimum Gasteiger partial charge on any atom is -0.330 e. The summed E-state index contributed by atoms with van der Waals surface area (Å²) in [7, 11) is 0.